The summed E-state index contributed by atoms with van der Waals surface area (Å²) in [5, 5.41) is 11.3. The molecule has 1 aliphatic rings. The molecule has 0 bridgehead atoms. The van der Waals surface area contributed by atoms with Gasteiger partial charge in [-0.2, -0.15) is 0 Å². The van der Waals surface area contributed by atoms with E-state index in [4.69, 9.17) is 9.05 Å². The fourth-order valence-corrected chi connectivity index (χ4v) is 2.67. The number of nitrogens with zero attached hydrogens (tertiary/aromatic N) is 5. The van der Waals surface area contributed by atoms with Gasteiger partial charge < -0.3 is 19.3 Å². The van der Waals surface area contributed by atoms with E-state index in [0.29, 0.717) is 6.54 Å². The number of rotatable bonds is 4. The molecule has 0 spiro atoms. The molecule has 124 valence electrons. The van der Waals surface area contributed by atoms with Crippen LogP contribution in [0.1, 0.15) is 17.1 Å². The minimum absolute atomic E-state index is 0.613. The predicted molar refractivity (Wildman–Crippen MR) is 84.8 cm³/mol. The Morgan fingerprint density at radius 1 is 1.26 bits per heavy atom. The van der Waals surface area contributed by atoms with Crippen LogP contribution >= 0.6 is 0 Å². The van der Waals surface area contributed by atoms with Crippen LogP contribution in [0.2, 0.25) is 0 Å². The summed E-state index contributed by atoms with van der Waals surface area (Å²) in [6.07, 6.45) is 1.57. The molecule has 1 aliphatic heterocycles. The van der Waals surface area contributed by atoms with Gasteiger partial charge in [0.1, 0.15) is 17.7 Å². The van der Waals surface area contributed by atoms with E-state index in [9.17, 15) is 0 Å². The van der Waals surface area contributed by atoms with Gasteiger partial charge >= 0.3 is 0 Å². The Labute approximate surface area is 135 Å². The minimum Gasteiger partial charge on any atom is -0.364 e. The van der Waals surface area contributed by atoms with Gasteiger partial charge in [-0.25, -0.2) is 0 Å². The first-order chi connectivity index (χ1) is 11.2. The summed E-state index contributed by atoms with van der Waals surface area (Å²) in [7, 11) is 1.80. The Bertz CT molecular complexity index is 628. The monoisotopic (exact) mass is 318 g/mol. The summed E-state index contributed by atoms with van der Waals surface area (Å²) in [5.41, 5.74) is 1.86. The average molecular weight is 318 g/mol. The molecule has 1 fully saturated rings. The summed E-state index contributed by atoms with van der Waals surface area (Å²) < 4.78 is 9.95. The van der Waals surface area contributed by atoms with E-state index in [-0.39, 0.29) is 0 Å². The van der Waals surface area contributed by atoms with Crippen molar-refractivity contribution in [2.75, 3.05) is 33.2 Å². The van der Waals surface area contributed by atoms with Crippen molar-refractivity contribution in [3.8, 4) is 0 Å². The first-order valence-electron chi connectivity index (χ1n) is 7.74. The molecule has 0 unspecified atom stereocenters. The van der Waals surface area contributed by atoms with E-state index in [1.165, 1.54) is 0 Å². The molecular formula is C15H22N6O2. The zero-order valence-electron chi connectivity index (χ0n) is 13.5. The lowest BCUT2D eigenvalue weighted by Gasteiger charge is -2.36. The van der Waals surface area contributed by atoms with Gasteiger partial charge in [0, 0.05) is 51.9 Å². The van der Waals surface area contributed by atoms with Crippen LogP contribution in [0, 0.1) is 6.92 Å². The quantitative estimate of drug-likeness (QED) is 0.661. The normalized spacial score (nSPS) is 16.8. The summed E-state index contributed by atoms with van der Waals surface area (Å²) in [6.45, 7) is 7.15. The molecular weight excluding hydrogens is 296 g/mol. The van der Waals surface area contributed by atoms with Crippen LogP contribution in [0.3, 0.4) is 0 Å². The Morgan fingerprint density at radius 2 is 2.09 bits per heavy atom. The highest BCUT2D eigenvalue weighted by Gasteiger charge is 2.20. The third kappa shape index (κ3) is 4.10. The summed E-state index contributed by atoms with van der Waals surface area (Å²) in [4.78, 5) is 8.98. The smallest absolute Gasteiger partial charge is 0.194 e. The average Bonchev–Trinajstić information content (AvgIpc) is 3.21. The number of aliphatic imine (C=N–C) groups is 1. The molecule has 23 heavy (non-hydrogen) atoms. The molecule has 3 rings (SSSR count). The third-order valence-electron chi connectivity index (χ3n) is 3.86. The van der Waals surface area contributed by atoms with Gasteiger partial charge in [0.05, 0.1) is 12.2 Å². The van der Waals surface area contributed by atoms with Crippen LogP contribution in [0.25, 0.3) is 0 Å². The lowest BCUT2D eigenvalue weighted by atomic mass is 10.3. The maximum absolute atomic E-state index is 5.12. The van der Waals surface area contributed by atoms with Crippen molar-refractivity contribution >= 4 is 5.96 Å². The maximum atomic E-state index is 5.12. The number of hydrogen-bond donors (Lipinski definition) is 1. The number of nitrogens with one attached hydrogen (secondary N) is 1. The van der Waals surface area contributed by atoms with Crippen LogP contribution in [0.5, 0.6) is 0 Å². The standard InChI is InChI=1S/C15H22N6O2/c1-12-9-14(19-23-12)11-20-4-6-21(7-5-20)15(16-2)17-10-13-3-8-22-18-13/h3,8-9H,4-7,10-11H2,1-2H3,(H,16,17). The highest BCUT2D eigenvalue weighted by Crippen LogP contribution is 2.09. The zero-order valence-corrected chi connectivity index (χ0v) is 13.5. The Morgan fingerprint density at radius 3 is 2.70 bits per heavy atom. The van der Waals surface area contributed by atoms with Crippen molar-refractivity contribution in [2.45, 2.75) is 20.0 Å². The second-order valence-corrected chi connectivity index (χ2v) is 5.58. The molecule has 0 aromatic carbocycles. The van der Waals surface area contributed by atoms with Gasteiger partial charge in [-0.3, -0.25) is 9.89 Å². The molecule has 0 aliphatic carbocycles. The van der Waals surface area contributed by atoms with Crippen LogP contribution in [0.4, 0.5) is 0 Å². The molecule has 2 aromatic heterocycles. The van der Waals surface area contributed by atoms with Crippen molar-refractivity contribution in [1.82, 2.24) is 25.4 Å². The van der Waals surface area contributed by atoms with Crippen molar-refractivity contribution in [2.24, 2.45) is 4.99 Å². The number of hydrogen-bond acceptors (Lipinski definition) is 6. The third-order valence-corrected chi connectivity index (χ3v) is 3.86. The first-order valence-corrected chi connectivity index (χ1v) is 7.74. The maximum Gasteiger partial charge on any atom is 0.194 e. The summed E-state index contributed by atoms with van der Waals surface area (Å²) in [6, 6.07) is 3.84. The van der Waals surface area contributed by atoms with Gasteiger partial charge in [0.2, 0.25) is 0 Å². The molecule has 0 radical (unpaired) electrons. The van der Waals surface area contributed by atoms with E-state index >= 15 is 0 Å². The lowest BCUT2D eigenvalue weighted by Crippen LogP contribution is -2.52. The SMILES string of the molecule is CN=C(NCc1ccon1)N1CCN(Cc2cc(C)on2)CC1. The number of guanidine groups is 1. The Balaban J connectivity index is 1.47. The van der Waals surface area contributed by atoms with Gasteiger partial charge in [-0.1, -0.05) is 10.3 Å². The van der Waals surface area contributed by atoms with Gasteiger partial charge in [-0.05, 0) is 6.92 Å². The molecule has 1 N–H and O–H groups in total. The zero-order chi connectivity index (χ0) is 16.1. The molecule has 0 saturated carbocycles. The lowest BCUT2D eigenvalue weighted by molar-refractivity contribution is 0.169. The Kier molecular flexibility index (Phi) is 4.92. The van der Waals surface area contributed by atoms with Gasteiger partial charge in [-0.15, -0.1) is 0 Å². The molecule has 8 nitrogen and oxygen atoms in total. The van der Waals surface area contributed by atoms with E-state index in [0.717, 1.165) is 55.8 Å². The Hall–Kier alpha value is -2.35. The first kappa shape index (κ1) is 15.5. The molecule has 0 amide bonds. The number of piperazine rings is 1. The molecule has 3 heterocycles. The van der Waals surface area contributed by atoms with Crippen LogP contribution in [0.15, 0.2) is 32.4 Å². The van der Waals surface area contributed by atoms with E-state index in [1.54, 1.807) is 13.3 Å². The summed E-state index contributed by atoms with van der Waals surface area (Å²) >= 11 is 0. The van der Waals surface area contributed by atoms with Crippen molar-refractivity contribution in [3.05, 3.63) is 35.5 Å². The number of aromatic nitrogens is 2. The molecule has 8 heteroatoms. The van der Waals surface area contributed by atoms with Gasteiger partial charge in [0.15, 0.2) is 5.96 Å². The fourth-order valence-electron chi connectivity index (χ4n) is 2.67. The molecule has 1 saturated heterocycles. The molecule has 2 aromatic rings. The van der Waals surface area contributed by atoms with Crippen molar-refractivity contribution in [1.29, 1.82) is 0 Å². The second-order valence-electron chi connectivity index (χ2n) is 5.58. The fraction of sp³-hybridized carbons (Fsp3) is 0.533. The highest BCUT2D eigenvalue weighted by molar-refractivity contribution is 5.79. The minimum atomic E-state index is 0.613. The van der Waals surface area contributed by atoms with E-state index in [2.05, 4.69) is 30.4 Å². The van der Waals surface area contributed by atoms with Crippen molar-refractivity contribution < 1.29 is 9.05 Å². The topological polar surface area (TPSA) is 82.9 Å². The van der Waals surface area contributed by atoms with Crippen LogP contribution in [-0.4, -0.2) is 59.3 Å². The summed E-state index contributed by atoms with van der Waals surface area (Å²) in [5.74, 6) is 1.75. The molecule has 0 atom stereocenters. The van der Waals surface area contributed by atoms with Crippen LogP contribution < -0.4 is 5.32 Å². The predicted octanol–water partition coefficient (Wildman–Crippen LogP) is 0.864. The largest absolute Gasteiger partial charge is 0.364 e. The van der Waals surface area contributed by atoms with Crippen molar-refractivity contribution in [3.63, 3.8) is 0 Å². The van der Waals surface area contributed by atoms with E-state index < -0.39 is 0 Å². The van der Waals surface area contributed by atoms with Crippen LogP contribution in [-0.2, 0) is 13.1 Å². The van der Waals surface area contributed by atoms with Gasteiger partial charge in [0.25, 0.3) is 0 Å². The number of aryl methyl sites for hydroxylation is 1. The second kappa shape index (κ2) is 7.28. The van der Waals surface area contributed by atoms with E-state index in [1.807, 2.05) is 19.1 Å². The highest BCUT2D eigenvalue weighted by atomic mass is 16.5.